The van der Waals surface area contributed by atoms with Gasteiger partial charge in [-0.3, -0.25) is 9.13 Å². The third kappa shape index (κ3) is 7.75. The summed E-state index contributed by atoms with van der Waals surface area (Å²) in [6.45, 7) is 2.52. The number of aromatic nitrogens is 2. The average molecular weight is 369 g/mol. The lowest BCUT2D eigenvalue weighted by atomic mass is 10.1. The number of hydrogen-bond donors (Lipinski definition) is 4. The smallest absolute Gasteiger partial charge is 0.324 e. The van der Waals surface area contributed by atoms with Gasteiger partial charge in [-0.15, -0.1) is 0 Å². The van der Waals surface area contributed by atoms with Crippen LogP contribution in [0.3, 0.4) is 0 Å². The fourth-order valence-electron chi connectivity index (χ4n) is 2.35. The minimum Gasteiger partial charge on any atom is -0.324 e. The maximum Gasteiger partial charge on any atom is 0.344 e. The van der Waals surface area contributed by atoms with Gasteiger partial charge in [-0.05, 0) is 12.8 Å². The summed E-state index contributed by atoms with van der Waals surface area (Å²) in [6.07, 6.45) is 11.9. The number of hydrogen-bond acceptors (Lipinski definition) is 2. The quantitative estimate of drug-likeness (QED) is 0.268. The maximum absolute atomic E-state index is 11.3. The van der Waals surface area contributed by atoms with E-state index in [0.29, 0.717) is 0 Å². The summed E-state index contributed by atoms with van der Waals surface area (Å²) in [5.74, 6) is 0. The third-order valence-corrected chi connectivity index (χ3v) is 7.35. The van der Waals surface area contributed by atoms with E-state index in [1.54, 1.807) is 18.7 Å². The Morgan fingerprint density at radius 2 is 1.57 bits per heavy atom. The summed E-state index contributed by atoms with van der Waals surface area (Å²) in [5.41, 5.74) is 0. The molecule has 1 heterocycles. The molecule has 0 aromatic carbocycles. The first-order valence-electron chi connectivity index (χ1n) is 7.80. The van der Waals surface area contributed by atoms with Crippen LogP contribution in [0.1, 0.15) is 45.4 Å². The van der Waals surface area contributed by atoms with Crippen LogP contribution >= 0.6 is 15.2 Å². The van der Waals surface area contributed by atoms with Crippen molar-refractivity contribution in [2.45, 2.75) is 63.9 Å². The van der Waals surface area contributed by atoms with E-state index in [2.05, 4.69) is 6.92 Å². The molecule has 23 heavy (non-hydrogen) atoms. The monoisotopic (exact) mass is 369 g/mol. The fourth-order valence-corrected chi connectivity index (χ4v) is 4.72. The molecule has 0 spiro atoms. The lowest BCUT2D eigenvalue weighted by Crippen LogP contribution is -2.38. The highest BCUT2D eigenvalue weighted by Gasteiger charge is 2.45. The van der Waals surface area contributed by atoms with Crippen LogP contribution in [0.25, 0.3) is 0 Å². The summed E-state index contributed by atoms with van der Waals surface area (Å²) in [6, 6.07) is 0. The van der Waals surface area contributed by atoms with Crippen LogP contribution in [0.2, 0.25) is 0 Å². The van der Waals surface area contributed by atoms with Crippen molar-refractivity contribution >= 4 is 15.2 Å². The second-order valence-corrected chi connectivity index (χ2v) is 9.79. The number of imidazole rings is 1. The van der Waals surface area contributed by atoms with E-state index >= 15 is 0 Å². The summed E-state index contributed by atoms with van der Waals surface area (Å²) in [4.78, 5) is 36.5. The molecule has 0 aliphatic heterocycles. The molecule has 8 nitrogen and oxygen atoms in total. The molecule has 0 unspecified atom stereocenters. The molecule has 0 saturated heterocycles. The SMILES string of the molecule is CCCCCCCCn1cc[n+](CC(P(=O)(O)O)P(=O)(O)O)c1. The second kappa shape index (κ2) is 9.11. The van der Waals surface area contributed by atoms with Crippen molar-refractivity contribution in [2.24, 2.45) is 0 Å². The Morgan fingerprint density at radius 3 is 2.13 bits per heavy atom. The van der Waals surface area contributed by atoms with Crippen molar-refractivity contribution < 1.29 is 33.3 Å². The van der Waals surface area contributed by atoms with Gasteiger partial charge in [0, 0.05) is 0 Å². The topological polar surface area (TPSA) is 124 Å². The van der Waals surface area contributed by atoms with Gasteiger partial charge in [0.2, 0.25) is 6.33 Å². The highest BCUT2D eigenvalue weighted by Crippen LogP contribution is 2.59. The largest absolute Gasteiger partial charge is 0.344 e. The number of aryl methyl sites for hydroxylation is 1. The predicted molar refractivity (Wildman–Crippen MR) is 85.9 cm³/mol. The summed E-state index contributed by atoms with van der Waals surface area (Å²) in [5, 5.41) is -2.01. The average Bonchev–Trinajstić information content (AvgIpc) is 2.85. The van der Waals surface area contributed by atoms with Gasteiger partial charge in [0.15, 0.2) is 5.40 Å². The molecule has 4 N–H and O–H groups in total. The van der Waals surface area contributed by atoms with E-state index in [9.17, 15) is 9.13 Å². The zero-order valence-corrected chi connectivity index (χ0v) is 15.1. The van der Waals surface area contributed by atoms with E-state index in [1.807, 2.05) is 4.57 Å². The molecule has 0 aliphatic carbocycles. The Hall–Kier alpha value is -0.490. The highest BCUT2D eigenvalue weighted by molar-refractivity contribution is 7.70. The van der Waals surface area contributed by atoms with E-state index in [0.717, 1.165) is 19.4 Å². The van der Waals surface area contributed by atoms with Gasteiger partial charge in [0.1, 0.15) is 18.9 Å². The molecule has 0 atom stereocenters. The van der Waals surface area contributed by atoms with Crippen molar-refractivity contribution in [3.63, 3.8) is 0 Å². The van der Waals surface area contributed by atoms with Crippen molar-refractivity contribution in [2.75, 3.05) is 0 Å². The zero-order valence-electron chi connectivity index (χ0n) is 13.4. The first kappa shape index (κ1) is 20.6. The second-order valence-electron chi connectivity index (χ2n) is 5.77. The molecule has 0 saturated carbocycles. The minimum absolute atomic E-state index is 0.419. The number of unbranched alkanes of at least 4 members (excludes halogenated alkanes) is 5. The molecular formula is C13H27N2O6P2+. The Kier molecular flexibility index (Phi) is 8.14. The molecule has 0 radical (unpaired) electrons. The van der Waals surface area contributed by atoms with Crippen molar-refractivity contribution in [3.05, 3.63) is 18.7 Å². The number of rotatable bonds is 11. The molecule has 1 aromatic rings. The Bertz CT molecular complexity index is 543. The lowest BCUT2D eigenvalue weighted by molar-refractivity contribution is -0.694. The molecule has 1 rings (SSSR count). The maximum atomic E-state index is 11.3. The van der Waals surface area contributed by atoms with Crippen LogP contribution in [0.15, 0.2) is 18.7 Å². The van der Waals surface area contributed by atoms with Crippen LogP contribution in [-0.4, -0.2) is 29.5 Å². The molecule has 134 valence electrons. The van der Waals surface area contributed by atoms with Gasteiger partial charge >= 0.3 is 15.2 Å². The van der Waals surface area contributed by atoms with Gasteiger partial charge in [0.25, 0.3) is 0 Å². The van der Waals surface area contributed by atoms with Crippen LogP contribution in [0, 0.1) is 0 Å². The molecule has 1 aromatic heterocycles. The first-order valence-corrected chi connectivity index (χ1v) is 11.2. The summed E-state index contributed by atoms with van der Waals surface area (Å²) in [7, 11) is -9.77. The van der Waals surface area contributed by atoms with Crippen LogP contribution < -0.4 is 4.57 Å². The fraction of sp³-hybridized carbons (Fsp3) is 0.769. The third-order valence-electron chi connectivity index (χ3n) is 3.67. The molecule has 0 bridgehead atoms. The normalized spacial score (nSPS) is 13.0. The van der Waals surface area contributed by atoms with Crippen molar-refractivity contribution in [1.82, 2.24) is 4.57 Å². The molecular weight excluding hydrogens is 342 g/mol. The van der Waals surface area contributed by atoms with Crippen molar-refractivity contribution in [3.8, 4) is 0 Å². The first-order chi connectivity index (χ1) is 10.6. The van der Waals surface area contributed by atoms with Gasteiger partial charge < -0.3 is 19.6 Å². The Labute approximate surface area is 136 Å². The van der Waals surface area contributed by atoms with Gasteiger partial charge in [-0.2, -0.15) is 0 Å². The Morgan fingerprint density at radius 1 is 1.00 bits per heavy atom. The van der Waals surface area contributed by atoms with Gasteiger partial charge in [-0.25, -0.2) is 9.13 Å². The van der Waals surface area contributed by atoms with E-state index in [1.165, 1.54) is 30.3 Å². The molecule has 0 amide bonds. The van der Waals surface area contributed by atoms with Crippen LogP contribution in [-0.2, 0) is 22.2 Å². The van der Waals surface area contributed by atoms with E-state index < -0.39 is 27.1 Å². The van der Waals surface area contributed by atoms with E-state index in [-0.39, 0.29) is 0 Å². The highest BCUT2D eigenvalue weighted by atomic mass is 31.2. The lowest BCUT2D eigenvalue weighted by Gasteiger charge is -2.17. The molecule has 0 fully saturated rings. The minimum atomic E-state index is -4.88. The Balaban J connectivity index is 2.52. The standard InChI is InChI=1S/C13H26N2O6P2/c1-2-3-4-5-6-7-8-14-9-10-15(12-14)11-13(22(16,17)18)23(19,20)21/h9-10,12-13H,2-8,11H2,1H3,(H3-,16,17,18,19,20,21)/p+1. The molecule has 0 aliphatic rings. The molecule has 10 heteroatoms. The summed E-state index contributed by atoms with van der Waals surface area (Å²) >= 11 is 0. The predicted octanol–water partition coefficient (Wildman–Crippen LogP) is 1.82. The van der Waals surface area contributed by atoms with Crippen molar-refractivity contribution in [1.29, 1.82) is 0 Å². The van der Waals surface area contributed by atoms with Gasteiger partial charge in [-0.1, -0.05) is 32.6 Å². The van der Waals surface area contributed by atoms with Crippen LogP contribution in [0.4, 0.5) is 0 Å². The summed E-state index contributed by atoms with van der Waals surface area (Å²) < 4.78 is 25.8. The van der Waals surface area contributed by atoms with Crippen LogP contribution in [0.5, 0.6) is 0 Å². The van der Waals surface area contributed by atoms with Gasteiger partial charge in [0.05, 0.1) is 6.54 Å². The number of nitrogens with zero attached hydrogens (tertiary/aromatic N) is 2. The van der Waals surface area contributed by atoms with E-state index in [4.69, 9.17) is 19.6 Å². The zero-order chi connectivity index (χ0) is 17.5.